The number of hydrogen-bond acceptors (Lipinski definition) is 6. The summed E-state index contributed by atoms with van der Waals surface area (Å²) in [5.74, 6) is -0.0765. The molecule has 19 heavy (non-hydrogen) atoms. The second-order valence-corrected chi connectivity index (χ2v) is 4.38. The van der Waals surface area contributed by atoms with Crippen LogP contribution in [0.4, 0.5) is 5.82 Å². The number of carboxylic acids is 1. The number of aryl methyl sites for hydroxylation is 1. The molecule has 0 spiro atoms. The first-order valence-electron chi connectivity index (χ1n) is 5.79. The first-order valence-corrected chi connectivity index (χ1v) is 5.79. The van der Waals surface area contributed by atoms with Gasteiger partial charge in [-0.25, -0.2) is 9.97 Å². The Morgan fingerprint density at radius 1 is 1.47 bits per heavy atom. The SMILES string of the molecule is Cc1ncc(C#N)c(N(CCN(C)C)CC(=O)O)n1. The van der Waals surface area contributed by atoms with E-state index >= 15 is 0 Å². The molecule has 0 bridgehead atoms. The van der Waals surface area contributed by atoms with Gasteiger partial charge >= 0.3 is 5.97 Å². The van der Waals surface area contributed by atoms with Crippen molar-refractivity contribution in [1.29, 1.82) is 5.26 Å². The Balaban J connectivity index is 3.05. The van der Waals surface area contributed by atoms with Crippen LogP contribution in [0.15, 0.2) is 6.20 Å². The smallest absolute Gasteiger partial charge is 0.323 e. The number of aliphatic carboxylic acids is 1. The van der Waals surface area contributed by atoms with Gasteiger partial charge in [0, 0.05) is 13.1 Å². The summed E-state index contributed by atoms with van der Waals surface area (Å²) >= 11 is 0. The zero-order valence-electron chi connectivity index (χ0n) is 11.3. The molecule has 0 saturated heterocycles. The lowest BCUT2D eigenvalue weighted by Gasteiger charge is -2.24. The van der Waals surface area contributed by atoms with Crippen molar-refractivity contribution >= 4 is 11.8 Å². The largest absolute Gasteiger partial charge is 0.480 e. The van der Waals surface area contributed by atoms with Crippen LogP contribution in [0.3, 0.4) is 0 Å². The summed E-state index contributed by atoms with van der Waals surface area (Å²) in [5, 5.41) is 18.0. The van der Waals surface area contributed by atoms with E-state index in [0.29, 0.717) is 24.7 Å². The monoisotopic (exact) mass is 263 g/mol. The van der Waals surface area contributed by atoms with Crippen molar-refractivity contribution in [1.82, 2.24) is 14.9 Å². The molecule has 1 N–H and O–H groups in total. The highest BCUT2D eigenvalue weighted by atomic mass is 16.4. The van der Waals surface area contributed by atoms with Gasteiger partial charge in [-0.1, -0.05) is 0 Å². The van der Waals surface area contributed by atoms with Crippen LogP contribution in [0.25, 0.3) is 0 Å². The van der Waals surface area contributed by atoms with Gasteiger partial charge < -0.3 is 14.9 Å². The molecule has 0 fully saturated rings. The van der Waals surface area contributed by atoms with Gasteiger partial charge in [-0.2, -0.15) is 5.26 Å². The van der Waals surface area contributed by atoms with Crippen molar-refractivity contribution < 1.29 is 9.90 Å². The van der Waals surface area contributed by atoms with Gasteiger partial charge in [-0.15, -0.1) is 0 Å². The van der Waals surface area contributed by atoms with Gasteiger partial charge in [-0.05, 0) is 21.0 Å². The Morgan fingerprint density at radius 2 is 2.16 bits per heavy atom. The third-order valence-corrected chi connectivity index (χ3v) is 2.45. The third-order valence-electron chi connectivity index (χ3n) is 2.45. The van der Waals surface area contributed by atoms with Gasteiger partial charge in [0.2, 0.25) is 0 Å². The first kappa shape index (κ1) is 14.9. The molecule has 0 radical (unpaired) electrons. The molecule has 1 rings (SSSR count). The molecule has 102 valence electrons. The number of nitriles is 1. The van der Waals surface area contributed by atoms with Crippen molar-refractivity contribution in [2.45, 2.75) is 6.92 Å². The lowest BCUT2D eigenvalue weighted by molar-refractivity contribution is -0.135. The van der Waals surface area contributed by atoms with E-state index in [9.17, 15) is 4.79 Å². The van der Waals surface area contributed by atoms with Crippen molar-refractivity contribution in [3.63, 3.8) is 0 Å². The summed E-state index contributed by atoms with van der Waals surface area (Å²) in [5.41, 5.74) is 0.283. The minimum atomic E-state index is -0.959. The molecule has 1 aromatic rings. The molecular formula is C12H17N5O2. The predicted octanol–water partition coefficient (Wildman–Crippen LogP) is 0.109. The van der Waals surface area contributed by atoms with Crippen LogP contribution in [0.2, 0.25) is 0 Å². The lowest BCUT2D eigenvalue weighted by Crippen LogP contribution is -2.36. The maximum absolute atomic E-state index is 10.9. The molecule has 0 unspecified atom stereocenters. The van der Waals surface area contributed by atoms with E-state index in [1.54, 1.807) is 11.8 Å². The maximum Gasteiger partial charge on any atom is 0.323 e. The highest BCUT2D eigenvalue weighted by Gasteiger charge is 2.17. The Labute approximate surface area is 112 Å². The Morgan fingerprint density at radius 3 is 2.68 bits per heavy atom. The molecule has 7 nitrogen and oxygen atoms in total. The van der Waals surface area contributed by atoms with E-state index in [0.717, 1.165) is 0 Å². The molecule has 1 aromatic heterocycles. The van der Waals surface area contributed by atoms with E-state index in [1.165, 1.54) is 6.20 Å². The average molecular weight is 263 g/mol. The lowest BCUT2D eigenvalue weighted by atomic mass is 10.3. The summed E-state index contributed by atoms with van der Waals surface area (Å²) in [4.78, 5) is 22.6. The average Bonchev–Trinajstić information content (AvgIpc) is 2.33. The van der Waals surface area contributed by atoms with Gasteiger partial charge in [-0.3, -0.25) is 4.79 Å². The summed E-state index contributed by atoms with van der Waals surface area (Å²) in [7, 11) is 3.80. The minimum Gasteiger partial charge on any atom is -0.480 e. The fraction of sp³-hybridized carbons (Fsp3) is 0.500. The number of likely N-dealkylation sites (N-methyl/N-ethyl adjacent to an activating group) is 1. The summed E-state index contributed by atoms with van der Waals surface area (Å²) < 4.78 is 0. The maximum atomic E-state index is 10.9. The van der Waals surface area contributed by atoms with E-state index in [-0.39, 0.29) is 12.1 Å². The molecular weight excluding hydrogens is 246 g/mol. The van der Waals surface area contributed by atoms with Gasteiger partial charge in [0.1, 0.15) is 24.0 Å². The summed E-state index contributed by atoms with van der Waals surface area (Å²) in [6.07, 6.45) is 1.42. The highest BCUT2D eigenvalue weighted by molar-refractivity contribution is 5.74. The van der Waals surface area contributed by atoms with Crippen LogP contribution in [-0.2, 0) is 4.79 Å². The zero-order chi connectivity index (χ0) is 14.4. The molecule has 1 heterocycles. The number of rotatable bonds is 6. The number of anilines is 1. The molecule has 0 aliphatic carbocycles. The van der Waals surface area contributed by atoms with E-state index in [1.807, 2.05) is 25.1 Å². The quantitative estimate of drug-likeness (QED) is 0.778. The number of nitrogens with zero attached hydrogens (tertiary/aromatic N) is 5. The van der Waals surface area contributed by atoms with Gasteiger partial charge in [0.25, 0.3) is 0 Å². The normalized spacial score (nSPS) is 10.3. The Kier molecular flexibility index (Phi) is 5.21. The van der Waals surface area contributed by atoms with E-state index in [4.69, 9.17) is 10.4 Å². The van der Waals surface area contributed by atoms with Crippen molar-refractivity contribution in [3.8, 4) is 6.07 Å². The second kappa shape index (κ2) is 6.66. The van der Waals surface area contributed by atoms with Crippen LogP contribution in [0, 0.1) is 18.3 Å². The van der Waals surface area contributed by atoms with Crippen LogP contribution in [0.1, 0.15) is 11.4 Å². The van der Waals surface area contributed by atoms with E-state index < -0.39 is 5.97 Å². The molecule has 0 amide bonds. The molecule has 0 aromatic carbocycles. The fourth-order valence-corrected chi connectivity index (χ4v) is 1.52. The second-order valence-electron chi connectivity index (χ2n) is 4.38. The fourth-order valence-electron chi connectivity index (χ4n) is 1.52. The van der Waals surface area contributed by atoms with Crippen molar-refractivity contribution in [3.05, 3.63) is 17.6 Å². The topological polar surface area (TPSA) is 93.4 Å². The zero-order valence-corrected chi connectivity index (χ0v) is 11.3. The van der Waals surface area contributed by atoms with Gasteiger partial charge in [0.05, 0.1) is 6.20 Å². The minimum absolute atomic E-state index is 0.195. The van der Waals surface area contributed by atoms with Crippen molar-refractivity contribution in [2.75, 3.05) is 38.6 Å². The summed E-state index contributed by atoms with van der Waals surface area (Å²) in [6, 6.07) is 1.99. The predicted molar refractivity (Wildman–Crippen MR) is 69.9 cm³/mol. The Hall–Kier alpha value is -2.20. The third kappa shape index (κ3) is 4.52. The number of aromatic nitrogens is 2. The summed E-state index contributed by atoms with van der Waals surface area (Å²) in [6.45, 7) is 2.65. The van der Waals surface area contributed by atoms with Crippen LogP contribution >= 0.6 is 0 Å². The number of carbonyl (C=O) groups is 1. The molecule has 0 saturated carbocycles. The van der Waals surface area contributed by atoms with Crippen molar-refractivity contribution in [2.24, 2.45) is 0 Å². The number of carboxylic acid groups (broad SMARTS) is 1. The molecule has 0 aliphatic heterocycles. The Bertz CT molecular complexity index is 495. The van der Waals surface area contributed by atoms with E-state index in [2.05, 4.69) is 9.97 Å². The highest BCUT2D eigenvalue weighted by Crippen LogP contribution is 2.16. The van der Waals surface area contributed by atoms with Gasteiger partial charge in [0.15, 0.2) is 5.82 Å². The standard InChI is InChI=1S/C12H17N5O2/c1-9-14-7-10(6-13)12(15-9)17(8-11(18)19)5-4-16(2)3/h7H,4-5,8H2,1-3H3,(H,18,19). The molecule has 0 aliphatic rings. The molecule has 7 heteroatoms. The van der Waals surface area contributed by atoms with Crippen LogP contribution in [0.5, 0.6) is 0 Å². The first-order chi connectivity index (χ1) is 8.93. The van der Waals surface area contributed by atoms with Crippen LogP contribution in [-0.4, -0.2) is 59.7 Å². The molecule has 0 atom stereocenters. The number of hydrogen-bond donors (Lipinski definition) is 1. The van der Waals surface area contributed by atoms with Crippen LogP contribution < -0.4 is 4.90 Å².